The molecule has 3 nitrogen and oxygen atoms in total. The van der Waals surface area contributed by atoms with E-state index in [1.807, 2.05) is 25.1 Å². The molecule has 0 saturated heterocycles. The molecule has 2 rings (SSSR count). The van der Waals surface area contributed by atoms with Gasteiger partial charge in [-0.25, -0.2) is 0 Å². The van der Waals surface area contributed by atoms with Crippen molar-refractivity contribution in [3.63, 3.8) is 0 Å². The van der Waals surface area contributed by atoms with Gasteiger partial charge in [0.05, 0.1) is 6.61 Å². The molecule has 1 heterocycles. The van der Waals surface area contributed by atoms with Crippen LogP contribution in [0, 0.1) is 0 Å². The molecule has 0 aliphatic heterocycles. The van der Waals surface area contributed by atoms with E-state index in [4.69, 9.17) is 9.26 Å². The number of ether oxygens (including phenoxy) is 1. The monoisotopic (exact) mass is 163 g/mol. The summed E-state index contributed by atoms with van der Waals surface area (Å²) >= 11 is 0. The molecule has 12 heavy (non-hydrogen) atoms. The number of hydrogen-bond donors (Lipinski definition) is 0. The number of benzene rings is 1. The third kappa shape index (κ3) is 1.13. The summed E-state index contributed by atoms with van der Waals surface area (Å²) in [7, 11) is 0. The maximum Gasteiger partial charge on any atom is 0.131 e. The molecule has 0 aliphatic rings. The zero-order valence-corrected chi connectivity index (χ0v) is 6.78. The third-order valence-electron chi connectivity index (χ3n) is 1.64. The highest BCUT2D eigenvalue weighted by atomic mass is 16.5. The maximum atomic E-state index is 5.30. The van der Waals surface area contributed by atoms with Gasteiger partial charge in [0.15, 0.2) is 0 Å². The zero-order chi connectivity index (χ0) is 8.39. The third-order valence-corrected chi connectivity index (χ3v) is 1.64. The molecule has 0 fully saturated rings. The molecule has 0 unspecified atom stereocenters. The summed E-state index contributed by atoms with van der Waals surface area (Å²) in [6, 6.07) is 5.70. The van der Waals surface area contributed by atoms with E-state index < -0.39 is 0 Å². The van der Waals surface area contributed by atoms with E-state index in [2.05, 4.69) is 5.16 Å². The Hall–Kier alpha value is -1.51. The summed E-state index contributed by atoms with van der Waals surface area (Å²) in [4.78, 5) is 0. The minimum atomic E-state index is 0.670. The zero-order valence-electron chi connectivity index (χ0n) is 6.78. The van der Waals surface area contributed by atoms with Crippen molar-refractivity contribution in [3.05, 3.63) is 24.5 Å². The van der Waals surface area contributed by atoms with Gasteiger partial charge in [0, 0.05) is 11.5 Å². The van der Waals surface area contributed by atoms with Crippen LogP contribution in [0.15, 0.2) is 29.0 Å². The predicted molar refractivity (Wildman–Crippen MR) is 45.2 cm³/mol. The van der Waals surface area contributed by atoms with Gasteiger partial charge in [0.2, 0.25) is 0 Å². The number of nitrogens with zero attached hydrogens (tertiary/aromatic N) is 1. The molecule has 0 amide bonds. The van der Waals surface area contributed by atoms with Gasteiger partial charge in [0.25, 0.3) is 0 Å². The van der Waals surface area contributed by atoms with E-state index in [-0.39, 0.29) is 0 Å². The molecule has 2 aromatic rings. The van der Waals surface area contributed by atoms with Crippen molar-refractivity contribution in [1.29, 1.82) is 0 Å². The van der Waals surface area contributed by atoms with Crippen LogP contribution < -0.4 is 4.74 Å². The number of hydrogen-bond acceptors (Lipinski definition) is 3. The van der Waals surface area contributed by atoms with Gasteiger partial charge < -0.3 is 9.26 Å². The fourth-order valence-electron chi connectivity index (χ4n) is 1.10. The van der Waals surface area contributed by atoms with Crippen molar-refractivity contribution in [2.75, 3.05) is 6.61 Å². The van der Waals surface area contributed by atoms with Crippen LogP contribution in [0.3, 0.4) is 0 Å². The van der Waals surface area contributed by atoms with Crippen molar-refractivity contribution >= 4 is 10.9 Å². The highest BCUT2D eigenvalue weighted by Crippen LogP contribution is 2.18. The second kappa shape index (κ2) is 2.85. The SMILES string of the molecule is CCOc1ccc2conc2c1. The van der Waals surface area contributed by atoms with Crippen LogP contribution in [0.5, 0.6) is 5.75 Å². The molecule has 1 aromatic heterocycles. The molecule has 0 radical (unpaired) electrons. The largest absolute Gasteiger partial charge is 0.494 e. The Labute approximate surface area is 69.9 Å². The highest BCUT2D eigenvalue weighted by molar-refractivity contribution is 5.78. The van der Waals surface area contributed by atoms with Crippen molar-refractivity contribution in [2.24, 2.45) is 0 Å². The lowest BCUT2D eigenvalue weighted by molar-refractivity contribution is 0.340. The van der Waals surface area contributed by atoms with E-state index in [9.17, 15) is 0 Å². The van der Waals surface area contributed by atoms with E-state index in [1.54, 1.807) is 6.26 Å². The summed E-state index contributed by atoms with van der Waals surface area (Å²) in [5, 5.41) is 4.81. The summed E-state index contributed by atoms with van der Waals surface area (Å²) in [6.07, 6.45) is 1.62. The minimum Gasteiger partial charge on any atom is -0.494 e. The normalized spacial score (nSPS) is 10.4. The average Bonchev–Trinajstić information content (AvgIpc) is 2.51. The molecule has 3 heteroatoms. The molecule has 0 atom stereocenters. The molecule has 0 spiro atoms. The van der Waals surface area contributed by atoms with E-state index in [1.165, 1.54) is 0 Å². The maximum absolute atomic E-state index is 5.30. The van der Waals surface area contributed by atoms with Crippen molar-refractivity contribution in [3.8, 4) is 5.75 Å². The van der Waals surface area contributed by atoms with Gasteiger partial charge in [-0.2, -0.15) is 0 Å². The number of rotatable bonds is 2. The molecular formula is C9H9NO2. The van der Waals surface area contributed by atoms with E-state index in [0.29, 0.717) is 6.61 Å². The Balaban J connectivity index is 2.46. The van der Waals surface area contributed by atoms with Gasteiger partial charge in [-0.15, -0.1) is 0 Å². The van der Waals surface area contributed by atoms with Crippen LogP contribution in [-0.4, -0.2) is 11.8 Å². The Morgan fingerprint density at radius 2 is 2.42 bits per heavy atom. The first-order chi connectivity index (χ1) is 5.90. The molecule has 0 saturated carbocycles. The second-order valence-corrected chi connectivity index (χ2v) is 2.47. The molecule has 0 N–H and O–H groups in total. The first kappa shape index (κ1) is 7.16. The van der Waals surface area contributed by atoms with Crippen LogP contribution in [-0.2, 0) is 0 Å². The molecule has 62 valence electrons. The summed E-state index contributed by atoms with van der Waals surface area (Å²) < 4.78 is 10.1. The molecular weight excluding hydrogens is 154 g/mol. The van der Waals surface area contributed by atoms with Crippen molar-refractivity contribution < 1.29 is 9.26 Å². The number of aromatic nitrogens is 1. The van der Waals surface area contributed by atoms with Gasteiger partial charge >= 0.3 is 0 Å². The van der Waals surface area contributed by atoms with Crippen molar-refractivity contribution in [2.45, 2.75) is 6.92 Å². The number of fused-ring (bicyclic) bond motifs is 1. The molecule has 0 bridgehead atoms. The van der Waals surface area contributed by atoms with E-state index in [0.717, 1.165) is 16.7 Å². The lowest BCUT2D eigenvalue weighted by Gasteiger charge is -2.00. The highest BCUT2D eigenvalue weighted by Gasteiger charge is 1.98. The molecule has 1 aromatic carbocycles. The van der Waals surface area contributed by atoms with Gasteiger partial charge in [0.1, 0.15) is 17.5 Å². The Bertz CT molecular complexity index is 381. The second-order valence-electron chi connectivity index (χ2n) is 2.47. The fourth-order valence-corrected chi connectivity index (χ4v) is 1.10. The lowest BCUT2D eigenvalue weighted by atomic mass is 10.2. The van der Waals surface area contributed by atoms with Crippen LogP contribution in [0.1, 0.15) is 6.92 Å². The topological polar surface area (TPSA) is 35.3 Å². The summed E-state index contributed by atoms with van der Waals surface area (Å²) in [5.41, 5.74) is 0.834. The van der Waals surface area contributed by atoms with Crippen LogP contribution in [0.4, 0.5) is 0 Å². The van der Waals surface area contributed by atoms with Gasteiger partial charge in [-0.1, -0.05) is 5.16 Å². The standard InChI is InChI=1S/C9H9NO2/c1-2-11-8-4-3-7-6-12-10-9(7)5-8/h3-6H,2H2,1H3. The smallest absolute Gasteiger partial charge is 0.131 e. The van der Waals surface area contributed by atoms with Crippen molar-refractivity contribution in [1.82, 2.24) is 5.16 Å². The summed E-state index contributed by atoms with van der Waals surface area (Å²) in [6.45, 7) is 2.62. The first-order valence-electron chi connectivity index (χ1n) is 3.87. The predicted octanol–water partition coefficient (Wildman–Crippen LogP) is 2.23. The van der Waals surface area contributed by atoms with Crippen LogP contribution in [0.25, 0.3) is 10.9 Å². The average molecular weight is 163 g/mol. The Kier molecular flexibility index (Phi) is 1.70. The van der Waals surface area contributed by atoms with Crippen LogP contribution >= 0.6 is 0 Å². The van der Waals surface area contributed by atoms with Gasteiger partial charge in [-0.05, 0) is 19.1 Å². The van der Waals surface area contributed by atoms with E-state index >= 15 is 0 Å². The first-order valence-corrected chi connectivity index (χ1v) is 3.87. The van der Waals surface area contributed by atoms with Crippen LogP contribution in [0.2, 0.25) is 0 Å². The van der Waals surface area contributed by atoms with Gasteiger partial charge in [-0.3, -0.25) is 0 Å². The Morgan fingerprint density at radius 3 is 3.25 bits per heavy atom. The minimum absolute atomic E-state index is 0.670. The molecule has 0 aliphatic carbocycles. The fraction of sp³-hybridized carbons (Fsp3) is 0.222. The quantitative estimate of drug-likeness (QED) is 0.680. The Morgan fingerprint density at radius 1 is 1.50 bits per heavy atom. The summed E-state index contributed by atoms with van der Waals surface area (Å²) in [5.74, 6) is 0.832. The lowest BCUT2D eigenvalue weighted by Crippen LogP contribution is -1.90.